The van der Waals surface area contributed by atoms with Crippen molar-refractivity contribution in [1.29, 1.82) is 0 Å². The zero-order valence-corrected chi connectivity index (χ0v) is 27.1. The fourth-order valence-corrected chi connectivity index (χ4v) is 7.35. The molecule has 4 aromatic carbocycles. The van der Waals surface area contributed by atoms with Gasteiger partial charge in [0.1, 0.15) is 12.6 Å². The van der Waals surface area contributed by atoms with Gasteiger partial charge < -0.3 is 10.2 Å². The second-order valence-corrected chi connectivity index (χ2v) is 13.7. The molecule has 12 heteroatoms. The van der Waals surface area contributed by atoms with Crippen LogP contribution in [0.2, 0.25) is 5.02 Å². The maximum absolute atomic E-state index is 14.6. The Morgan fingerprint density at radius 3 is 2.09 bits per heavy atom. The molecule has 2 amide bonds. The largest absolute Gasteiger partial charge is 0.352 e. The lowest BCUT2D eigenvalue weighted by atomic mass is 10.0. The SMILES string of the molecule is O=C(NC1CCCC1)[C@H](Cc1ccccc1)N(Cc1ccccc1Cl)C(=O)CN(c1ccc([N+](=O)[O-])cc1)S(=O)(=O)c1ccccc1. The number of nitrogens with zero attached hydrogens (tertiary/aromatic N) is 3. The Morgan fingerprint density at radius 1 is 0.872 bits per heavy atom. The van der Waals surface area contributed by atoms with Crippen molar-refractivity contribution in [1.82, 2.24) is 10.2 Å². The van der Waals surface area contributed by atoms with Crippen molar-refractivity contribution in [2.24, 2.45) is 0 Å². The molecule has 0 heterocycles. The molecular formula is C35H35ClN4O6S. The predicted octanol–water partition coefficient (Wildman–Crippen LogP) is 6.14. The van der Waals surface area contributed by atoms with Gasteiger partial charge in [-0.15, -0.1) is 0 Å². The van der Waals surface area contributed by atoms with Gasteiger partial charge in [0.05, 0.1) is 15.5 Å². The number of carbonyl (C=O) groups is 2. The number of nitro groups is 1. The lowest BCUT2D eigenvalue weighted by molar-refractivity contribution is -0.384. The van der Waals surface area contributed by atoms with E-state index in [0.29, 0.717) is 10.6 Å². The number of halogens is 1. The van der Waals surface area contributed by atoms with E-state index < -0.39 is 33.4 Å². The van der Waals surface area contributed by atoms with E-state index in [1.165, 1.54) is 41.3 Å². The number of sulfonamides is 1. The van der Waals surface area contributed by atoms with Gasteiger partial charge in [-0.2, -0.15) is 0 Å². The molecule has 47 heavy (non-hydrogen) atoms. The monoisotopic (exact) mass is 674 g/mol. The molecule has 0 radical (unpaired) electrons. The first-order valence-electron chi connectivity index (χ1n) is 15.3. The minimum Gasteiger partial charge on any atom is -0.352 e. The van der Waals surface area contributed by atoms with Crippen molar-refractivity contribution in [2.45, 2.75) is 55.6 Å². The van der Waals surface area contributed by atoms with E-state index in [1.54, 1.807) is 42.5 Å². The number of hydrogen-bond acceptors (Lipinski definition) is 6. The smallest absolute Gasteiger partial charge is 0.269 e. The van der Waals surface area contributed by atoms with Crippen molar-refractivity contribution < 1.29 is 22.9 Å². The fourth-order valence-electron chi connectivity index (χ4n) is 5.72. The third-order valence-corrected chi connectivity index (χ3v) is 10.4. The zero-order chi connectivity index (χ0) is 33.4. The predicted molar refractivity (Wildman–Crippen MR) is 180 cm³/mol. The van der Waals surface area contributed by atoms with Crippen LogP contribution >= 0.6 is 11.6 Å². The maximum Gasteiger partial charge on any atom is 0.269 e. The van der Waals surface area contributed by atoms with Crippen LogP contribution in [0.25, 0.3) is 0 Å². The fraction of sp³-hybridized carbons (Fsp3) is 0.257. The van der Waals surface area contributed by atoms with Crippen LogP contribution in [0, 0.1) is 10.1 Å². The molecule has 4 aromatic rings. The summed E-state index contributed by atoms with van der Waals surface area (Å²) in [5.74, 6) is -0.987. The van der Waals surface area contributed by atoms with E-state index in [1.807, 2.05) is 30.3 Å². The van der Waals surface area contributed by atoms with E-state index in [-0.39, 0.29) is 41.2 Å². The molecular weight excluding hydrogens is 640 g/mol. The molecule has 10 nitrogen and oxygen atoms in total. The number of carbonyl (C=O) groups excluding carboxylic acids is 2. The first-order chi connectivity index (χ1) is 22.6. The van der Waals surface area contributed by atoms with Gasteiger partial charge in [-0.05, 0) is 54.3 Å². The van der Waals surface area contributed by atoms with E-state index in [2.05, 4.69) is 5.32 Å². The van der Waals surface area contributed by atoms with Crippen molar-refractivity contribution in [3.8, 4) is 0 Å². The van der Waals surface area contributed by atoms with Gasteiger partial charge in [-0.25, -0.2) is 8.42 Å². The Bertz CT molecular complexity index is 1800. The summed E-state index contributed by atoms with van der Waals surface area (Å²) < 4.78 is 29.1. The van der Waals surface area contributed by atoms with Gasteiger partial charge in [0.2, 0.25) is 11.8 Å². The van der Waals surface area contributed by atoms with Crippen LogP contribution in [-0.2, 0) is 32.6 Å². The Balaban J connectivity index is 1.57. The molecule has 0 bridgehead atoms. The van der Waals surface area contributed by atoms with Crippen LogP contribution in [0.5, 0.6) is 0 Å². The molecule has 1 atom stereocenters. The molecule has 0 saturated heterocycles. The lowest BCUT2D eigenvalue weighted by Gasteiger charge is -2.34. The van der Waals surface area contributed by atoms with Crippen LogP contribution < -0.4 is 9.62 Å². The summed E-state index contributed by atoms with van der Waals surface area (Å²) in [6.45, 7) is -0.741. The van der Waals surface area contributed by atoms with Gasteiger partial charge >= 0.3 is 0 Å². The molecule has 0 unspecified atom stereocenters. The summed E-state index contributed by atoms with van der Waals surface area (Å²) in [6, 6.07) is 27.8. The molecule has 1 fully saturated rings. The minimum absolute atomic E-state index is 0.0203. The summed E-state index contributed by atoms with van der Waals surface area (Å²) in [7, 11) is -4.33. The zero-order valence-electron chi connectivity index (χ0n) is 25.6. The average Bonchev–Trinajstić information content (AvgIpc) is 3.60. The normalized spacial score (nSPS) is 13.9. The Morgan fingerprint density at radius 2 is 1.47 bits per heavy atom. The van der Waals surface area contributed by atoms with Gasteiger partial charge in [0, 0.05) is 36.2 Å². The Hall–Kier alpha value is -4.74. The third-order valence-electron chi connectivity index (χ3n) is 8.23. The van der Waals surface area contributed by atoms with E-state index in [0.717, 1.165) is 35.6 Å². The Labute approximate surface area is 279 Å². The summed E-state index contributed by atoms with van der Waals surface area (Å²) >= 11 is 6.55. The summed E-state index contributed by atoms with van der Waals surface area (Å²) in [6.07, 6.45) is 3.85. The molecule has 1 aliphatic carbocycles. The number of nitro benzene ring substituents is 1. The van der Waals surface area contributed by atoms with Gasteiger partial charge in [-0.1, -0.05) is 91.2 Å². The molecule has 5 rings (SSSR count). The van der Waals surface area contributed by atoms with Crippen LogP contribution in [0.4, 0.5) is 11.4 Å². The van der Waals surface area contributed by atoms with Crippen LogP contribution in [-0.4, -0.2) is 48.7 Å². The highest BCUT2D eigenvalue weighted by molar-refractivity contribution is 7.92. The van der Waals surface area contributed by atoms with E-state index >= 15 is 0 Å². The number of hydrogen-bond donors (Lipinski definition) is 1. The summed E-state index contributed by atoms with van der Waals surface area (Å²) in [5.41, 5.74) is 1.23. The second-order valence-electron chi connectivity index (χ2n) is 11.4. The molecule has 1 N–H and O–H groups in total. The van der Waals surface area contributed by atoms with Crippen molar-refractivity contribution >= 4 is 44.8 Å². The Kier molecular flexibility index (Phi) is 10.9. The third kappa shape index (κ3) is 8.35. The number of anilines is 1. The second kappa shape index (κ2) is 15.2. The molecule has 244 valence electrons. The van der Waals surface area contributed by atoms with Gasteiger partial charge in [-0.3, -0.25) is 24.0 Å². The summed E-state index contributed by atoms with van der Waals surface area (Å²) in [5, 5.41) is 14.9. The highest BCUT2D eigenvalue weighted by Crippen LogP contribution is 2.28. The molecule has 1 aliphatic rings. The van der Waals surface area contributed by atoms with Crippen molar-refractivity contribution in [2.75, 3.05) is 10.8 Å². The van der Waals surface area contributed by atoms with Crippen LogP contribution in [0.1, 0.15) is 36.8 Å². The van der Waals surface area contributed by atoms with Gasteiger partial charge in [0.25, 0.3) is 15.7 Å². The number of amides is 2. The number of benzene rings is 4. The molecule has 1 saturated carbocycles. The lowest BCUT2D eigenvalue weighted by Crippen LogP contribution is -2.54. The maximum atomic E-state index is 14.6. The quantitative estimate of drug-likeness (QED) is 0.134. The topological polar surface area (TPSA) is 130 Å². The standard InChI is InChI=1S/C35H35ClN4O6S/c36-32-18-10-7-13-27(32)24-38(33(23-26-11-3-1-4-12-26)35(42)37-28-14-8-9-15-28)34(41)25-39(29-19-21-30(22-20-29)40(43)44)47(45,46)31-16-5-2-6-17-31/h1-7,10-13,16-22,28,33H,8-9,14-15,23-25H2,(H,37,42)/t33-/m0/s1. The molecule has 0 aliphatic heterocycles. The van der Waals surface area contributed by atoms with Crippen LogP contribution in [0.15, 0.2) is 114 Å². The molecule has 0 spiro atoms. The number of nitrogens with one attached hydrogen (secondary N) is 1. The number of non-ortho nitro benzene ring substituents is 1. The van der Waals surface area contributed by atoms with Crippen molar-refractivity contribution in [3.63, 3.8) is 0 Å². The first-order valence-corrected chi connectivity index (χ1v) is 17.1. The van der Waals surface area contributed by atoms with Crippen molar-refractivity contribution in [3.05, 3.63) is 135 Å². The minimum atomic E-state index is -4.33. The van der Waals surface area contributed by atoms with Crippen LogP contribution in [0.3, 0.4) is 0 Å². The van der Waals surface area contributed by atoms with E-state index in [9.17, 15) is 28.1 Å². The molecule has 0 aromatic heterocycles. The van der Waals surface area contributed by atoms with E-state index in [4.69, 9.17) is 11.6 Å². The average molecular weight is 675 g/mol. The number of rotatable bonds is 13. The highest BCUT2D eigenvalue weighted by Gasteiger charge is 2.36. The first kappa shape index (κ1) is 33.6. The summed E-state index contributed by atoms with van der Waals surface area (Å²) in [4.78, 5) is 40.7. The highest BCUT2D eigenvalue weighted by atomic mass is 35.5. The van der Waals surface area contributed by atoms with Gasteiger partial charge in [0.15, 0.2) is 0 Å².